The van der Waals surface area contributed by atoms with E-state index < -0.39 is 23.5 Å². The van der Waals surface area contributed by atoms with E-state index in [0.29, 0.717) is 27.9 Å². The molecule has 1 amide bonds. The SMILES string of the molecule is COc1ccc(/C(O)=C2/C(=O)C(=O)N(CCN(C)C)C2c2ccc(F)cc2)cc1Br. The molecular formula is C22H22BrFN2O4. The molecule has 0 aliphatic carbocycles. The molecule has 1 heterocycles. The number of aliphatic hydroxyl groups is 1. The van der Waals surface area contributed by atoms with Crippen LogP contribution in [0.1, 0.15) is 17.2 Å². The fraction of sp³-hybridized carbons (Fsp3) is 0.273. The Kier molecular flexibility index (Phi) is 6.58. The Bertz CT molecular complexity index is 1000. The van der Waals surface area contributed by atoms with Crippen molar-refractivity contribution in [2.45, 2.75) is 6.04 Å². The number of ketones is 1. The summed E-state index contributed by atoms with van der Waals surface area (Å²) in [7, 11) is 5.24. The van der Waals surface area contributed by atoms with Gasteiger partial charge in [-0.15, -0.1) is 0 Å². The number of hydrogen-bond donors (Lipinski definition) is 1. The predicted octanol–water partition coefficient (Wildman–Crippen LogP) is 3.58. The summed E-state index contributed by atoms with van der Waals surface area (Å²) < 4.78 is 19.3. The molecule has 0 saturated carbocycles. The van der Waals surface area contributed by atoms with Crippen molar-refractivity contribution in [2.24, 2.45) is 0 Å². The van der Waals surface area contributed by atoms with E-state index in [1.807, 2.05) is 19.0 Å². The summed E-state index contributed by atoms with van der Waals surface area (Å²) in [5, 5.41) is 11.0. The molecule has 1 atom stereocenters. The molecule has 1 unspecified atom stereocenters. The van der Waals surface area contributed by atoms with E-state index in [9.17, 15) is 19.1 Å². The highest BCUT2D eigenvalue weighted by atomic mass is 79.9. The number of likely N-dealkylation sites (tertiary alicyclic amines) is 1. The highest BCUT2D eigenvalue weighted by Gasteiger charge is 2.45. The lowest BCUT2D eigenvalue weighted by atomic mass is 9.95. The number of carbonyl (C=O) groups excluding carboxylic acids is 2. The largest absolute Gasteiger partial charge is 0.507 e. The number of ether oxygens (including phenoxy) is 1. The van der Waals surface area contributed by atoms with E-state index in [2.05, 4.69) is 15.9 Å². The zero-order valence-electron chi connectivity index (χ0n) is 16.9. The first-order chi connectivity index (χ1) is 14.2. The number of benzene rings is 2. The number of rotatable bonds is 6. The molecule has 0 bridgehead atoms. The van der Waals surface area contributed by atoms with Crippen molar-refractivity contribution in [1.29, 1.82) is 0 Å². The molecule has 1 N–H and O–H groups in total. The Balaban J connectivity index is 2.14. The van der Waals surface area contributed by atoms with Crippen LogP contribution in [0.15, 0.2) is 52.5 Å². The third kappa shape index (κ3) is 4.24. The third-order valence-corrected chi connectivity index (χ3v) is 5.56. The minimum absolute atomic E-state index is 0.0255. The van der Waals surface area contributed by atoms with Crippen molar-refractivity contribution in [1.82, 2.24) is 9.80 Å². The van der Waals surface area contributed by atoms with Gasteiger partial charge in [-0.3, -0.25) is 9.59 Å². The fourth-order valence-electron chi connectivity index (χ4n) is 3.38. The number of hydrogen-bond acceptors (Lipinski definition) is 5. The van der Waals surface area contributed by atoms with E-state index in [1.165, 1.54) is 36.3 Å². The van der Waals surface area contributed by atoms with Crippen molar-refractivity contribution in [3.8, 4) is 5.75 Å². The zero-order chi connectivity index (χ0) is 22.0. The highest BCUT2D eigenvalue weighted by molar-refractivity contribution is 9.10. The molecule has 8 heteroatoms. The molecule has 1 saturated heterocycles. The van der Waals surface area contributed by atoms with Gasteiger partial charge in [0, 0.05) is 18.7 Å². The van der Waals surface area contributed by atoms with Crippen molar-refractivity contribution in [3.63, 3.8) is 0 Å². The van der Waals surface area contributed by atoms with E-state index in [1.54, 1.807) is 18.2 Å². The maximum atomic E-state index is 13.5. The maximum Gasteiger partial charge on any atom is 0.295 e. The minimum atomic E-state index is -0.813. The zero-order valence-corrected chi connectivity index (χ0v) is 18.4. The second-order valence-corrected chi connectivity index (χ2v) is 8.05. The predicted molar refractivity (Wildman–Crippen MR) is 115 cm³/mol. The van der Waals surface area contributed by atoms with Crippen LogP contribution < -0.4 is 4.74 Å². The van der Waals surface area contributed by atoms with Crippen LogP contribution in [0.3, 0.4) is 0 Å². The monoisotopic (exact) mass is 476 g/mol. The topological polar surface area (TPSA) is 70.1 Å². The van der Waals surface area contributed by atoms with Crippen molar-refractivity contribution in [3.05, 3.63) is 69.5 Å². The molecule has 0 aromatic heterocycles. The lowest BCUT2D eigenvalue weighted by Gasteiger charge is -2.26. The third-order valence-electron chi connectivity index (χ3n) is 4.94. The van der Waals surface area contributed by atoms with Crippen LogP contribution in [-0.2, 0) is 9.59 Å². The fourth-order valence-corrected chi connectivity index (χ4v) is 3.92. The molecule has 30 heavy (non-hydrogen) atoms. The van der Waals surface area contributed by atoms with Gasteiger partial charge >= 0.3 is 0 Å². The molecule has 3 rings (SSSR count). The van der Waals surface area contributed by atoms with E-state index in [4.69, 9.17) is 4.74 Å². The highest BCUT2D eigenvalue weighted by Crippen LogP contribution is 2.40. The van der Waals surface area contributed by atoms with E-state index in [0.717, 1.165) is 0 Å². The summed E-state index contributed by atoms with van der Waals surface area (Å²) in [5.74, 6) is -1.62. The maximum absolute atomic E-state index is 13.5. The average Bonchev–Trinajstić information content (AvgIpc) is 2.96. The van der Waals surface area contributed by atoms with Gasteiger partial charge in [0.05, 0.1) is 23.2 Å². The van der Waals surface area contributed by atoms with Gasteiger partial charge < -0.3 is 19.6 Å². The second kappa shape index (κ2) is 8.97. The van der Waals surface area contributed by atoms with Gasteiger partial charge in [-0.05, 0) is 65.9 Å². The quantitative estimate of drug-likeness (QED) is 0.392. The molecule has 1 fully saturated rings. The van der Waals surface area contributed by atoms with Gasteiger partial charge in [-0.25, -0.2) is 4.39 Å². The van der Waals surface area contributed by atoms with Crippen LogP contribution in [0.25, 0.3) is 5.76 Å². The van der Waals surface area contributed by atoms with E-state index in [-0.39, 0.29) is 17.9 Å². The summed E-state index contributed by atoms with van der Waals surface area (Å²) in [6.07, 6.45) is 0. The van der Waals surface area contributed by atoms with Crippen molar-refractivity contribution < 1.29 is 23.8 Å². The Hall–Kier alpha value is -2.71. The Morgan fingerprint density at radius 2 is 1.87 bits per heavy atom. The summed E-state index contributed by atoms with van der Waals surface area (Å²) in [5.41, 5.74) is 0.881. The molecule has 2 aromatic carbocycles. The Morgan fingerprint density at radius 3 is 2.43 bits per heavy atom. The van der Waals surface area contributed by atoms with Gasteiger partial charge in [0.1, 0.15) is 17.3 Å². The van der Waals surface area contributed by atoms with Gasteiger partial charge in [0.25, 0.3) is 11.7 Å². The first kappa shape index (κ1) is 22.0. The molecule has 0 spiro atoms. The minimum Gasteiger partial charge on any atom is -0.507 e. The summed E-state index contributed by atoms with van der Waals surface area (Å²) >= 11 is 3.36. The number of likely N-dealkylation sites (N-methyl/N-ethyl adjacent to an activating group) is 1. The molecule has 1 aliphatic rings. The first-order valence-electron chi connectivity index (χ1n) is 9.27. The van der Waals surface area contributed by atoms with Crippen LogP contribution in [0, 0.1) is 5.82 Å². The molecule has 158 valence electrons. The summed E-state index contributed by atoms with van der Waals surface area (Å²) in [6, 6.07) is 9.63. The summed E-state index contributed by atoms with van der Waals surface area (Å²) in [6.45, 7) is 0.807. The number of Topliss-reactive ketones (excluding diaryl/α,β-unsaturated/α-hetero) is 1. The smallest absolute Gasteiger partial charge is 0.295 e. The molecular weight excluding hydrogens is 455 g/mol. The Morgan fingerprint density at radius 1 is 1.20 bits per heavy atom. The van der Waals surface area contributed by atoms with Gasteiger partial charge in [0.2, 0.25) is 0 Å². The number of halogens is 2. The lowest BCUT2D eigenvalue weighted by Crippen LogP contribution is -2.35. The standard InChI is InChI=1S/C22H22BrFN2O4/c1-25(2)10-11-26-19(13-4-7-15(24)8-5-13)18(21(28)22(26)29)20(27)14-6-9-17(30-3)16(23)12-14/h4-9,12,19,27H,10-11H2,1-3H3/b20-18-. The number of carbonyl (C=O) groups is 2. The molecule has 6 nitrogen and oxygen atoms in total. The van der Waals surface area contributed by atoms with Crippen molar-refractivity contribution in [2.75, 3.05) is 34.3 Å². The average molecular weight is 477 g/mol. The van der Waals surface area contributed by atoms with Crippen LogP contribution in [0.4, 0.5) is 4.39 Å². The van der Waals surface area contributed by atoms with Crippen LogP contribution in [-0.4, -0.2) is 60.9 Å². The first-order valence-corrected chi connectivity index (χ1v) is 10.1. The van der Waals surface area contributed by atoms with Crippen molar-refractivity contribution >= 4 is 33.4 Å². The van der Waals surface area contributed by atoms with Crippen LogP contribution in [0.2, 0.25) is 0 Å². The molecule has 1 aliphatic heterocycles. The number of amides is 1. The number of aliphatic hydroxyl groups excluding tert-OH is 1. The van der Waals surface area contributed by atoms with Gasteiger partial charge in [-0.2, -0.15) is 0 Å². The second-order valence-electron chi connectivity index (χ2n) is 7.20. The molecule has 0 radical (unpaired) electrons. The van der Waals surface area contributed by atoms with Gasteiger partial charge in [-0.1, -0.05) is 12.1 Å². The molecule has 2 aromatic rings. The number of methoxy groups -OCH3 is 1. The normalized spacial score (nSPS) is 18.3. The van der Waals surface area contributed by atoms with Crippen LogP contribution >= 0.6 is 15.9 Å². The number of nitrogens with zero attached hydrogens (tertiary/aromatic N) is 2. The Labute approximate surface area is 182 Å². The van der Waals surface area contributed by atoms with E-state index >= 15 is 0 Å². The summed E-state index contributed by atoms with van der Waals surface area (Å²) in [4.78, 5) is 29.0. The van der Waals surface area contributed by atoms with Crippen LogP contribution in [0.5, 0.6) is 5.75 Å². The van der Waals surface area contributed by atoms with Gasteiger partial charge in [0.15, 0.2) is 0 Å². The lowest BCUT2D eigenvalue weighted by molar-refractivity contribution is -0.140.